The van der Waals surface area contributed by atoms with Crippen molar-refractivity contribution in [2.45, 2.75) is 4.90 Å². The van der Waals surface area contributed by atoms with Gasteiger partial charge >= 0.3 is 0 Å². The Morgan fingerprint density at radius 1 is 1.08 bits per heavy atom. The van der Waals surface area contributed by atoms with E-state index < -0.39 is 10.0 Å². The molecule has 2 aromatic rings. The SMILES string of the molecule is O=C(c1ccc[nH]c1=S)N1CCN(S(=O)(=O)c2cccc(Cl)c2Cl)CC1. The number of rotatable bonds is 3. The summed E-state index contributed by atoms with van der Waals surface area (Å²) in [6.07, 6.45) is 1.65. The molecule has 2 heterocycles. The van der Waals surface area contributed by atoms with Crippen LogP contribution in [0.15, 0.2) is 41.4 Å². The number of piperazine rings is 1. The predicted octanol–water partition coefficient (Wildman–Crippen LogP) is 3.20. The maximum absolute atomic E-state index is 12.8. The summed E-state index contributed by atoms with van der Waals surface area (Å²) in [5.41, 5.74) is 0.400. The molecular formula is C16H15Cl2N3O3S2. The van der Waals surface area contributed by atoms with Gasteiger partial charge in [-0.25, -0.2) is 8.42 Å². The largest absolute Gasteiger partial charge is 0.352 e. The van der Waals surface area contributed by atoms with Gasteiger partial charge in [0.05, 0.1) is 15.6 Å². The molecule has 26 heavy (non-hydrogen) atoms. The van der Waals surface area contributed by atoms with Crippen molar-refractivity contribution in [2.75, 3.05) is 26.2 Å². The first kappa shape index (κ1) is 19.3. The van der Waals surface area contributed by atoms with Crippen LogP contribution in [0.2, 0.25) is 10.0 Å². The molecule has 1 aromatic heterocycles. The van der Waals surface area contributed by atoms with E-state index in [1.54, 1.807) is 23.2 Å². The molecule has 6 nitrogen and oxygen atoms in total. The lowest BCUT2D eigenvalue weighted by molar-refractivity contribution is 0.0697. The Labute approximate surface area is 166 Å². The molecule has 10 heteroatoms. The normalized spacial score (nSPS) is 15.8. The number of sulfonamides is 1. The van der Waals surface area contributed by atoms with Crippen LogP contribution in [0.3, 0.4) is 0 Å². The fraction of sp³-hybridized carbons (Fsp3) is 0.250. The predicted molar refractivity (Wildman–Crippen MR) is 103 cm³/mol. The minimum absolute atomic E-state index is 0.00300. The number of pyridine rings is 1. The number of nitrogens with one attached hydrogen (secondary N) is 1. The van der Waals surface area contributed by atoms with Crippen molar-refractivity contribution in [1.82, 2.24) is 14.2 Å². The molecule has 1 aliphatic rings. The highest BCUT2D eigenvalue weighted by molar-refractivity contribution is 7.89. The highest BCUT2D eigenvalue weighted by atomic mass is 35.5. The van der Waals surface area contributed by atoms with Crippen LogP contribution in [0, 0.1) is 4.64 Å². The topological polar surface area (TPSA) is 73.5 Å². The summed E-state index contributed by atoms with van der Waals surface area (Å²) in [6, 6.07) is 7.84. The van der Waals surface area contributed by atoms with Crippen molar-refractivity contribution in [3.8, 4) is 0 Å². The number of hydrogen-bond acceptors (Lipinski definition) is 4. The van der Waals surface area contributed by atoms with Crippen molar-refractivity contribution in [3.05, 3.63) is 56.8 Å². The standard InChI is InChI=1S/C16H15Cl2N3O3S2/c17-12-4-1-5-13(14(12)18)26(23,24)21-9-7-20(8-10-21)16(22)11-3-2-6-19-15(11)25/h1-6H,7-10H2,(H,19,25). The highest BCUT2D eigenvalue weighted by Gasteiger charge is 2.32. The first-order valence-corrected chi connectivity index (χ1v) is 10.3. The highest BCUT2D eigenvalue weighted by Crippen LogP contribution is 2.31. The van der Waals surface area contributed by atoms with Crippen LogP contribution in [-0.4, -0.2) is 54.7 Å². The van der Waals surface area contributed by atoms with Gasteiger partial charge in [-0.05, 0) is 24.3 Å². The number of aromatic amines is 1. The van der Waals surface area contributed by atoms with Gasteiger partial charge in [0, 0.05) is 32.4 Å². The number of carbonyl (C=O) groups is 1. The molecule has 1 N–H and O–H groups in total. The number of nitrogens with zero attached hydrogens (tertiary/aromatic N) is 2. The third kappa shape index (κ3) is 3.65. The van der Waals surface area contributed by atoms with E-state index in [4.69, 9.17) is 35.4 Å². The second-order valence-corrected chi connectivity index (χ2v) is 8.76. The molecule has 0 atom stereocenters. The minimum Gasteiger partial charge on any atom is -0.352 e. The van der Waals surface area contributed by atoms with Crippen molar-refractivity contribution in [1.29, 1.82) is 0 Å². The Balaban J connectivity index is 1.76. The summed E-state index contributed by atoms with van der Waals surface area (Å²) in [5.74, 6) is -0.218. The molecule has 0 spiro atoms. The van der Waals surface area contributed by atoms with E-state index in [-0.39, 0.29) is 47.0 Å². The van der Waals surface area contributed by atoms with Crippen LogP contribution in [-0.2, 0) is 10.0 Å². The van der Waals surface area contributed by atoms with Gasteiger partial charge in [0.15, 0.2) is 0 Å². The molecule has 3 rings (SSSR count). The maximum atomic E-state index is 12.8. The zero-order valence-corrected chi connectivity index (χ0v) is 16.6. The van der Waals surface area contributed by atoms with Crippen molar-refractivity contribution >= 4 is 51.4 Å². The van der Waals surface area contributed by atoms with Crippen LogP contribution >= 0.6 is 35.4 Å². The second-order valence-electron chi connectivity index (χ2n) is 5.66. The second kappa shape index (κ2) is 7.66. The maximum Gasteiger partial charge on any atom is 0.256 e. The number of amides is 1. The molecular weight excluding hydrogens is 417 g/mol. The van der Waals surface area contributed by atoms with Gasteiger partial charge in [0.1, 0.15) is 9.54 Å². The molecule has 0 aliphatic carbocycles. The molecule has 0 bridgehead atoms. The molecule has 1 saturated heterocycles. The van der Waals surface area contributed by atoms with Gasteiger partial charge in [-0.15, -0.1) is 0 Å². The Morgan fingerprint density at radius 3 is 2.42 bits per heavy atom. The van der Waals surface area contributed by atoms with E-state index >= 15 is 0 Å². The summed E-state index contributed by atoms with van der Waals surface area (Å²) >= 11 is 17.1. The Morgan fingerprint density at radius 2 is 1.77 bits per heavy atom. The fourth-order valence-corrected chi connectivity index (χ4v) is 5.10. The average molecular weight is 432 g/mol. The smallest absolute Gasteiger partial charge is 0.256 e. The molecule has 1 fully saturated rings. The molecule has 0 radical (unpaired) electrons. The van der Waals surface area contributed by atoms with Gasteiger partial charge < -0.3 is 9.88 Å². The van der Waals surface area contributed by atoms with Gasteiger partial charge in [0.25, 0.3) is 5.91 Å². The summed E-state index contributed by atoms with van der Waals surface area (Å²) < 4.78 is 27.3. The van der Waals surface area contributed by atoms with Crippen molar-refractivity contribution < 1.29 is 13.2 Å². The zero-order chi connectivity index (χ0) is 18.9. The Kier molecular flexibility index (Phi) is 5.69. The Hall–Kier alpha value is -1.45. The third-order valence-corrected chi connectivity index (χ3v) is 7.32. The van der Waals surface area contributed by atoms with Gasteiger partial charge in [-0.1, -0.05) is 41.5 Å². The van der Waals surface area contributed by atoms with Crippen LogP contribution in [0.4, 0.5) is 0 Å². The van der Waals surface area contributed by atoms with Crippen molar-refractivity contribution in [3.63, 3.8) is 0 Å². The van der Waals surface area contributed by atoms with E-state index in [1.807, 2.05) is 0 Å². The van der Waals surface area contributed by atoms with Gasteiger partial charge in [-0.3, -0.25) is 4.79 Å². The van der Waals surface area contributed by atoms with Gasteiger partial charge in [-0.2, -0.15) is 4.31 Å². The first-order chi connectivity index (χ1) is 12.3. The lowest BCUT2D eigenvalue weighted by Gasteiger charge is -2.34. The number of halogens is 2. The summed E-state index contributed by atoms with van der Waals surface area (Å²) in [4.78, 5) is 17.0. The number of carbonyl (C=O) groups excluding carboxylic acids is 1. The quantitative estimate of drug-likeness (QED) is 0.757. The fourth-order valence-electron chi connectivity index (χ4n) is 2.71. The van der Waals surface area contributed by atoms with Gasteiger partial charge in [0.2, 0.25) is 10.0 Å². The van der Waals surface area contributed by atoms with E-state index in [0.29, 0.717) is 10.2 Å². The number of hydrogen-bond donors (Lipinski definition) is 1. The third-order valence-electron chi connectivity index (χ3n) is 4.11. The number of H-pyrrole nitrogens is 1. The number of benzene rings is 1. The molecule has 138 valence electrons. The lowest BCUT2D eigenvalue weighted by atomic mass is 10.2. The minimum atomic E-state index is -3.78. The van der Waals surface area contributed by atoms with E-state index in [9.17, 15) is 13.2 Å². The average Bonchev–Trinajstić information content (AvgIpc) is 2.64. The number of aromatic nitrogens is 1. The van der Waals surface area contributed by atoms with E-state index in [0.717, 1.165) is 0 Å². The van der Waals surface area contributed by atoms with Crippen LogP contribution in [0.25, 0.3) is 0 Å². The molecule has 0 unspecified atom stereocenters. The molecule has 1 amide bonds. The molecule has 1 aliphatic heterocycles. The van der Waals surface area contributed by atoms with Crippen molar-refractivity contribution in [2.24, 2.45) is 0 Å². The molecule has 0 saturated carbocycles. The van der Waals surface area contributed by atoms with Crippen LogP contribution < -0.4 is 0 Å². The monoisotopic (exact) mass is 431 g/mol. The van der Waals surface area contributed by atoms with Crippen LogP contribution in [0.5, 0.6) is 0 Å². The summed E-state index contributed by atoms with van der Waals surface area (Å²) in [7, 11) is -3.78. The van der Waals surface area contributed by atoms with E-state index in [1.165, 1.54) is 22.5 Å². The van der Waals surface area contributed by atoms with E-state index in [2.05, 4.69) is 4.98 Å². The summed E-state index contributed by atoms with van der Waals surface area (Å²) in [6.45, 7) is 0.861. The first-order valence-electron chi connectivity index (χ1n) is 7.73. The molecule has 1 aromatic carbocycles. The lowest BCUT2D eigenvalue weighted by Crippen LogP contribution is -2.50. The Bertz CT molecular complexity index is 1000. The van der Waals surface area contributed by atoms with Crippen LogP contribution in [0.1, 0.15) is 10.4 Å². The summed E-state index contributed by atoms with van der Waals surface area (Å²) in [5, 5.41) is 0.183. The zero-order valence-electron chi connectivity index (χ0n) is 13.5.